The highest BCUT2D eigenvalue weighted by Gasteiger charge is 2.46. The predicted molar refractivity (Wildman–Crippen MR) is 89.7 cm³/mol. The molecule has 0 amide bonds. The van der Waals surface area contributed by atoms with Gasteiger partial charge in [-0.2, -0.15) is 28.6 Å². The number of nitrogens with zero attached hydrogens (tertiary/aromatic N) is 5. The van der Waals surface area contributed by atoms with Gasteiger partial charge in [-0.3, -0.25) is 10.1 Å². The van der Waals surface area contributed by atoms with Crippen molar-refractivity contribution in [2.24, 2.45) is 0 Å². The molecule has 0 atom stereocenters. The second-order valence-corrected chi connectivity index (χ2v) is 8.19. The van der Waals surface area contributed by atoms with E-state index >= 15 is 0 Å². The minimum atomic E-state index is -5.32. The molecule has 12 heteroatoms. The molecule has 8 nitrogen and oxygen atoms in total. The highest BCUT2D eigenvalue weighted by Crippen LogP contribution is 2.35. The fraction of sp³-hybridized carbons (Fsp3) is 0.250. The molecule has 0 spiro atoms. The van der Waals surface area contributed by atoms with Crippen LogP contribution >= 0.6 is 0 Å². The zero-order valence-corrected chi connectivity index (χ0v) is 14.8. The number of hydrogen-bond acceptors (Lipinski definition) is 6. The molecular weight excluding hydrogens is 397 g/mol. The minimum absolute atomic E-state index is 0.0705. The monoisotopic (exact) mass is 408 g/mol. The van der Waals surface area contributed by atoms with Gasteiger partial charge in [0.1, 0.15) is 11.8 Å². The molecule has 1 N–H and O–H groups in total. The number of hydrogen-bond donors (Lipinski definition) is 1. The van der Waals surface area contributed by atoms with Crippen molar-refractivity contribution in [2.45, 2.75) is 24.1 Å². The number of rotatable bonds is 3. The molecule has 3 heterocycles. The molecule has 0 aromatic carbocycles. The number of halogens is 3. The summed E-state index contributed by atoms with van der Waals surface area (Å²) in [5, 5.41) is 19.9. The third-order valence-electron chi connectivity index (χ3n) is 4.41. The molecule has 0 unspecified atom stereocenters. The lowest BCUT2D eigenvalue weighted by Crippen LogP contribution is -2.25. The Morgan fingerprint density at radius 3 is 2.79 bits per heavy atom. The number of fused-ring (bicyclic) bond motifs is 3. The number of aryl methyl sites for hydroxylation is 1. The number of pyridine rings is 1. The standard InChI is InChI=1S/C16H11F3N6O2S/c17-16(18,19)28(26,27)8-14-11-1-2-13-12(15(11)23-22-14)7-25(24-13)10-3-9(4-20)5-21-6-10/h3,5-7H,1-2,8H2,(H,22,23). The maximum Gasteiger partial charge on any atom is 0.497 e. The summed E-state index contributed by atoms with van der Waals surface area (Å²) in [5.74, 6) is -1.18. The van der Waals surface area contributed by atoms with Crippen molar-refractivity contribution in [3.8, 4) is 23.0 Å². The van der Waals surface area contributed by atoms with Gasteiger partial charge < -0.3 is 0 Å². The van der Waals surface area contributed by atoms with Crippen molar-refractivity contribution < 1.29 is 21.6 Å². The van der Waals surface area contributed by atoms with Crippen LogP contribution in [0.2, 0.25) is 0 Å². The molecule has 1 aliphatic rings. The molecule has 4 rings (SSSR count). The Morgan fingerprint density at radius 2 is 2.07 bits per heavy atom. The summed E-state index contributed by atoms with van der Waals surface area (Å²) in [4.78, 5) is 3.97. The lowest BCUT2D eigenvalue weighted by atomic mass is 9.94. The first kappa shape index (κ1) is 18.2. The molecule has 0 aliphatic heterocycles. The maximum atomic E-state index is 12.7. The average molecular weight is 408 g/mol. The van der Waals surface area contributed by atoms with E-state index in [-0.39, 0.29) is 5.69 Å². The van der Waals surface area contributed by atoms with Crippen LogP contribution in [0.25, 0.3) is 16.9 Å². The number of aromatic amines is 1. The predicted octanol–water partition coefficient (Wildman–Crippen LogP) is 2.06. The number of aromatic nitrogens is 5. The quantitative estimate of drug-likeness (QED) is 0.709. The topological polar surface area (TPSA) is 117 Å². The van der Waals surface area contributed by atoms with E-state index in [2.05, 4.69) is 20.3 Å². The fourth-order valence-electron chi connectivity index (χ4n) is 3.07. The van der Waals surface area contributed by atoms with Gasteiger partial charge in [-0.05, 0) is 18.9 Å². The van der Waals surface area contributed by atoms with Gasteiger partial charge in [0.15, 0.2) is 0 Å². The second-order valence-electron chi connectivity index (χ2n) is 6.21. The van der Waals surface area contributed by atoms with Crippen LogP contribution < -0.4 is 0 Å². The largest absolute Gasteiger partial charge is 0.497 e. The molecule has 3 aromatic rings. The Balaban J connectivity index is 1.72. The molecular formula is C16H11F3N6O2S. The van der Waals surface area contributed by atoms with E-state index in [0.29, 0.717) is 46.6 Å². The normalized spacial score (nSPS) is 13.6. The molecule has 0 saturated heterocycles. The van der Waals surface area contributed by atoms with E-state index in [9.17, 15) is 21.6 Å². The van der Waals surface area contributed by atoms with Crippen LogP contribution in [0.15, 0.2) is 24.7 Å². The summed E-state index contributed by atoms with van der Waals surface area (Å²) in [5.41, 5.74) is -2.42. The van der Waals surface area contributed by atoms with Crippen molar-refractivity contribution in [3.05, 3.63) is 47.2 Å². The maximum absolute atomic E-state index is 12.7. The van der Waals surface area contributed by atoms with E-state index in [1.54, 1.807) is 12.3 Å². The Bertz CT molecular complexity index is 1220. The second kappa shape index (κ2) is 6.16. The van der Waals surface area contributed by atoms with Crippen LogP contribution in [0, 0.1) is 11.3 Å². The Labute approximate surface area is 156 Å². The molecule has 0 radical (unpaired) electrons. The molecule has 3 aromatic heterocycles. The number of sulfone groups is 1. The van der Waals surface area contributed by atoms with Crippen molar-refractivity contribution >= 4 is 9.84 Å². The number of nitrogens with one attached hydrogen (secondary N) is 1. The van der Waals surface area contributed by atoms with Gasteiger partial charge in [0.05, 0.1) is 34.5 Å². The van der Waals surface area contributed by atoms with Crippen molar-refractivity contribution in [1.82, 2.24) is 25.0 Å². The SMILES string of the molecule is N#Cc1cncc(-n2cc3c(n2)CCc2c-3n[nH]c2CS(=O)(=O)C(F)(F)F)c1. The van der Waals surface area contributed by atoms with Crippen LogP contribution in [0.1, 0.15) is 22.5 Å². The van der Waals surface area contributed by atoms with Crippen LogP contribution in [0.4, 0.5) is 13.2 Å². The van der Waals surface area contributed by atoms with Crippen LogP contribution in [0.3, 0.4) is 0 Å². The third kappa shape index (κ3) is 2.93. The Kier molecular flexibility index (Phi) is 4.00. The molecule has 144 valence electrons. The number of H-pyrrole nitrogens is 1. The molecule has 28 heavy (non-hydrogen) atoms. The van der Waals surface area contributed by atoms with Gasteiger partial charge in [-0.1, -0.05) is 0 Å². The van der Waals surface area contributed by atoms with Gasteiger partial charge in [0.25, 0.3) is 9.84 Å². The van der Waals surface area contributed by atoms with Crippen LogP contribution in [-0.4, -0.2) is 38.9 Å². The molecule has 0 saturated carbocycles. The zero-order chi connectivity index (χ0) is 20.1. The van der Waals surface area contributed by atoms with Gasteiger partial charge >= 0.3 is 5.51 Å². The third-order valence-corrected chi connectivity index (χ3v) is 5.79. The summed E-state index contributed by atoms with van der Waals surface area (Å²) < 4.78 is 62.5. The summed E-state index contributed by atoms with van der Waals surface area (Å²) in [6.45, 7) is 0. The minimum Gasteiger partial charge on any atom is -0.281 e. The van der Waals surface area contributed by atoms with Gasteiger partial charge in [0, 0.05) is 23.5 Å². The van der Waals surface area contributed by atoms with Gasteiger partial charge in [-0.25, -0.2) is 13.1 Å². The van der Waals surface area contributed by atoms with E-state index in [4.69, 9.17) is 5.26 Å². The fourth-order valence-corrected chi connectivity index (χ4v) is 3.85. The van der Waals surface area contributed by atoms with E-state index in [1.807, 2.05) is 6.07 Å². The average Bonchev–Trinajstić information content (AvgIpc) is 3.24. The Morgan fingerprint density at radius 1 is 1.29 bits per heavy atom. The zero-order valence-electron chi connectivity index (χ0n) is 14.0. The summed E-state index contributed by atoms with van der Waals surface area (Å²) in [7, 11) is -5.31. The highest BCUT2D eigenvalue weighted by molar-refractivity contribution is 7.91. The molecule has 0 bridgehead atoms. The lowest BCUT2D eigenvalue weighted by molar-refractivity contribution is -0.0437. The number of nitriles is 1. The van der Waals surface area contributed by atoms with Crippen LogP contribution in [-0.2, 0) is 28.4 Å². The Hall–Kier alpha value is -3.20. The van der Waals surface area contributed by atoms with Crippen LogP contribution in [0.5, 0.6) is 0 Å². The first-order chi connectivity index (χ1) is 13.2. The highest BCUT2D eigenvalue weighted by atomic mass is 32.2. The van der Waals surface area contributed by atoms with E-state index < -0.39 is 21.1 Å². The molecule has 1 aliphatic carbocycles. The lowest BCUT2D eigenvalue weighted by Gasteiger charge is -2.12. The van der Waals surface area contributed by atoms with Gasteiger partial charge in [-0.15, -0.1) is 0 Å². The van der Waals surface area contributed by atoms with Crippen molar-refractivity contribution in [1.29, 1.82) is 5.26 Å². The smallest absolute Gasteiger partial charge is 0.281 e. The summed E-state index contributed by atoms with van der Waals surface area (Å²) in [6, 6.07) is 3.58. The van der Waals surface area contributed by atoms with Gasteiger partial charge in [0.2, 0.25) is 0 Å². The van der Waals surface area contributed by atoms with E-state index in [0.717, 1.165) is 0 Å². The summed E-state index contributed by atoms with van der Waals surface area (Å²) >= 11 is 0. The summed E-state index contributed by atoms with van der Waals surface area (Å²) in [6.07, 6.45) is 5.29. The van der Waals surface area contributed by atoms with Crippen molar-refractivity contribution in [3.63, 3.8) is 0 Å². The molecule has 0 fully saturated rings. The van der Waals surface area contributed by atoms with Crippen molar-refractivity contribution in [2.75, 3.05) is 0 Å². The first-order valence-electron chi connectivity index (χ1n) is 7.99. The first-order valence-corrected chi connectivity index (χ1v) is 9.64. The number of alkyl halides is 3. The van der Waals surface area contributed by atoms with E-state index in [1.165, 1.54) is 17.1 Å².